The van der Waals surface area contributed by atoms with Crippen LogP contribution in [0.3, 0.4) is 0 Å². The Kier molecular flexibility index (Phi) is 4.56. The van der Waals surface area contributed by atoms with E-state index in [1.165, 1.54) is 11.6 Å². The molecule has 0 aliphatic carbocycles. The molecule has 2 aromatic carbocycles. The van der Waals surface area contributed by atoms with Gasteiger partial charge in [0.05, 0.1) is 0 Å². The summed E-state index contributed by atoms with van der Waals surface area (Å²) in [6, 6.07) is 15.2. The number of hydrogen-bond acceptors (Lipinski definition) is 1. The second kappa shape index (κ2) is 6.37. The first-order valence-electron chi connectivity index (χ1n) is 6.80. The maximum absolute atomic E-state index is 13.2. The van der Waals surface area contributed by atoms with Gasteiger partial charge in [0.2, 0.25) is 0 Å². The van der Waals surface area contributed by atoms with Crippen LogP contribution in [0.1, 0.15) is 37.4 Å². The van der Waals surface area contributed by atoms with Crippen LogP contribution in [-0.4, -0.2) is 0 Å². The van der Waals surface area contributed by atoms with Crippen molar-refractivity contribution in [2.75, 3.05) is 5.32 Å². The van der Waals surface area contributed by atoms with Gasteiger partial charge in [-0.25, -0.2) is 4.39 Å². The Hall–Kier alpha value is -1.83. The first kappa shape index (κ1) is 13.6. The molecular weight excluding hydrogens is 237 g/mol. The van der Waals surface area contributed by atoms with Crippen LogP contribution in [-0.2, 0) is 6.42 Å². The molecule has 0 heterocycles. The summed E-state index contributed by atoms with van der Waals surface area (Å²) in [4.78, 5) is 0. The van der Waals surface area contributed by atoms with Gasteiger partial charge in [-0.15, -0.1) is 0 Å². The summed E-state index contributed by atoms with van der Waals surface area (Å²) in [6.45, 7) is 4.23. The zero-order chi connectivity index (χ0) is 13.7. The highest BCUT2D eigenvalue weighted by Crippen LogP contribution is 2.23. The lowest BCUT2D eigenvalue weighted by Crippen LogP contribution is -2.08. The SMILES string of the molecule is CCCc1ccccc1NC(C)c1cccc(F)c1. The van der Waals surface area contributed by atoms with Crippen LogP contribution < -0.4 is 5.32 Å². The molecule has 100 valence electrons. The summed E-state index contributed by atoms with van der Waals surface area (Å²) >= 11 is 0. The normalized spacial score (nSPS) is 12.2. The van der Waals surface area contributed by atoms with Crippen molar-refractivity contribution in [2.24, 2.45) is 0 Å². The van der Waals surface area contributed by atoms with E-state index in [0.717, 1.165) is 24.1 Å². The third kappa shape index (κ3) is 3.57. The molecule has 0 saturated heterocycles. The smallest absolute Gasteiger partial charge is 0.123 e. The first-order valence-corrected chi connectivity index (χ1v) is 6.80. The molecule has 1 N–H and O–H groups in total. The molecule has 2 aromatic rings. The predicted molar refractivity (Wildman–Crippen MR) is 78.9 cm³/mol. The van der Waals surface area contributed by atoms with E-state index in [9.17, 15) is 4.39 Å². The van der Waals surface area contributed by atoms with Gasteiger partial charge in [-0.05, 0) is 42.7 Å². The first-order chi connectivity index (χ1) is 9.20. The van der Waals surface area contributed by atoms with Gasteiger partial charge in [-0.3, -0.25) is 0 Å². The van der Waals surface area contributed by atoms with Crippen LogP contribution in [0.2, 0.25) is 0 Å². The second-order valence-electron chi connectivity index (χ2n) is 4.83. The number of hydrogen-bond donors (Lipinski definition) is 1. The molecule has 1 unspecified atom stereocenters. The van der Waals surface area contributed by atoms with E-state index in [1.54, 1.807) is 12.1 Å². The van der Waals surface area contributed by atoms with Crippen LogP contribution in [0.25, 0.3) is 0 Å². The molecule has 1 nitrogen and oxygen atoms in total. The molecule has 0 bridgehead atoms. The van der Waals surface area contributed by atoms with Crippen molar-refractivity contribution >= 4 is 5.69 Å². The van der Waals surface area contributed by atoms with Gasteiger partial charge in [0.15, 0.2) is 0 Å². The minimum absolute atomic E-state index is 0.0914. The minimum Gasteiger partial charge on any atom is -0.378 e. The van der Waals surface area contributed by atoms with Crippen molar-refractivity contribution in [1.82, 2.24) is 0 Å². The fourth-order valence-corrected chi connectivity index (χ4v) is 2.24. The third-order valence-corrected chi connectivity index (χ3v) is 3.26. The summed E-state index contributed by atoms with van der Waals surface area (Å²) in [5, 5.41) is 3.47. The number of nitrogens with one attached hydrogen (secondary N) is 1. The van der Waals surface area contributed by atoms with E-state index in [-0.39, 0.29) is 11.9 Å². The molecule has 0 aliphatic heterocycles. The van der Waals surface area contributed by atoms with Crippen molar-refractivity contribution < 1.29 is 4.39 Å². The fourth-order valence-electron chi connectivity index (χ4n) is 2.24. The van der Waals surface area contributed by atoms with Gasteiger partial charge in [0, 0.05) is 11.7 Å². The van der Waals surface area contributed by atoms with E-state index >= 15 is 0 Å². The molecule has 0 aromatic heterocycles. The maximum Gasteiger partial charge on any atom is 0.123 e. The Bertz CT molecular complexity index is 536. The molecule has 1 atom stereocenters. The van der Waals surface area contributed by atoms with Gasteiger partial charge in [-0.1, -0.05) is 43.7 Å². The third-order valence-electron chi connectivity index (χ3n) is 3.26. The van der Waals surface area contributed by atoms with E-state index in [4.69, 9.17) is 0 Å². The number of benzene rings is 2. The Labute approximate surface area is 114 Å². The summed E-state index contributed by atoms with van der Waals surface area (Å²) in [7, 11) is 0. The topological polar surface area (TPSA) is 12.0 Å². The number of para-hydroxylation sites is 1. The number of rotatable bonds is 5. The van der Waals surface area contributed by atoms with Gasteiger partial charge >= 0.3 is 0 Å². The highest BCUT2D eigenvalue weighted by Gasteiger charge is 2.08. The summed E-state index contributed by atoms with van der Waals surface area (Å²) < 4.78 is 13.2. The molecule has 0 spiro atoms. The Morgan fingerprint density at radius 3 is 2.63 bits per heavy atom. The molecule has 0 amide bonds. The van der Waals surface area contributed by atoms with Crippen molar-refractivity contribution in [1.29, 1.82) is 0 Å². The Morgan fingerprint density at radius 1 is 1.11 bits per heavy atom. The standard InChI is InChI=1S/C17H20FN/c1-3-7-14-8-4-5-11-17(14)19-13(2)15-9-6-10-16(18)12-15/h4-6,8-13,19H,3,7H2,1-2H3. The zero-order valence-electron chi connectivity index (χ0n) is 11.5. The zero-order valence-corrected chi connectivity index (χ0v) is 11.5. The lowest BCUT2D eigenvalue weighted by molar-refractivity contribution is 0.623. The quantitative estimate of drug-likeness (QED) is 0.799. The molecule has 0 fully saturated rings. The molecule has 2 rings (SSSR count). The van der Waals surface area contributed by atoms with Gasteiger partial charge in [-0.2, -0.15) is 0 Å². The van der Waals surface area contributed by atoms with Crippen LogP contribution in [0.5, 0.6) is 0 Å². The summed E-state index contributed by atoms with van der Waals surface area (Å²) in [5.74, 6) is -0.187. The molecular formula is C17H20FN. The van der Waals surface area contributed by atoms with Crippen molar-refractivity contribution in [2.45, 2.75) is 32.7 Å². The van der Waals surface area contributed by atoms with E-state index < -0.39 is 0 Å². The molecule has 19 heavy (non-hydrogen) atoms. The second-order valence-corrected chi connectivity index (χ2v) is 4.83. The van der Waals surface area contributed by atoms with E-state index in [1.807, 2.05) is 12.1 Å². The number of aryl methyl sites for hydroxylation is 1. The Morgan fingerprint density at radius 2 is 1.89 bits per heavy atom. The average molecular weight is 257 g/mol. The van der Waals surface area contributed by atoms with Crippen LogP contribution in [0, 0.1) is 5.82 Å². The highest BCUT2D eigenvalue weighted by atomic mass is 19.1. The van der Waals surface area contributed by atoms with Crippen LogP contribution in [0.4, 0.5) is 10.1 Å². The number of halogens is 1. The summed E-state index contributed by atoms with van der Waals surface area (Å²) in [6.07, 6.45) is 2.17. The van der Waals surface area contributed by atoms with Crippen LogP contribution in [0.15, 0.2) is 48.5 Å². The van der Waals surface area contributed by atoms with Gasteiger partial charge in [0.25, 0.3) is 0 Å². The van der Waals surface area contributed by atoms with Crippen molar-refractivity contribution in [3.05, 3.63) is 65.5 Å². The lowest BCUT2D eigenvalue weighted by atomic mass is 10.0. The lowest BCUT2D eigenvalue weighted by Gasteiger charge is -2.18. The highest BCUT2D eigenvalue weighted by molar-refractivity contribution is 5.52. The predicted octanol–water partition coefficient (Wildman–Crippen LogP) is 4.95. The molecule has 0 radical (unpaired) electrons. The van der Waals surface area contributed by atoms with Gasteiger partial charge < -0.3 is 5.32 Å². The van der Waals surface area contributed by atoms with E-state index in [0.29, 0.717) is 0 Å². The monoisotopic (exact) mass is 257 g/mol. The van der Waals surface area contributed by atoms with E-state index in [2.05, 4.69) is 37.4 Å². The molecule has 0 saturated carbocycles. The molecule has 2 heteroatoms. The van der Waals surface area contributed by atoms with Gasteiger partial charge in [0.1, 0.15) is 5.82 Å². The van der Waals surface area contributed by atoms with Crippen LogP contribution >= 0.6 is 0 Å². The fraction of sp³-hybridized carbons (Fsp3) is 0.294. The average Bonchev–Trinajstić information content (AvgIpc) is 2.41. The van der Waals surface area contributed by atoms with Crippen molar-refractivity contribution in [3.63, 3.8) is 0 Å². The minimum atomic E-state index is -0.187. The van der Waals surface area contributed by atoms with Crippen molar-refractivity contribution in [3.8, 4) is 0 Å². The summed E-state index contributed by atoms with van der Waals surface area (Å²) in [5.41, 5.74) is 3.42. The largest absolute Gasteiger partial charge is 0.378 e. The number of anilines is 1. The maximum atomic E-state index is 13.2. The molecule has 0 aliphatic rings. The Balaban J connectivity index is 2.16.